The van der Waals surface area contributed by atoms with Crippen molar-refractivity contribution in [2.75, 3.05) is 18.0 Å². The van der Waals surface area contributed by atoms with Gasteiger partial charge in [-0.05, 0) is 48.1 Å². The van der Waals surface area contributed by atoms with Crippen LogP contribution in [-0.4, -0.2) is 46.2 Å². The number of rotatable bonds is 6. The smallest absolute Gasteiger partial charge is 0.220 e. The number of nitrogens with zero attached hydrogens (tertiary/aromatic N) is 3. The van der Waals surface area contributed by atoms with Crippen molar-refractivity contribution < 1.29 is 9.90 Å². The zero-order valence-corrected chi connectivity index (χ0v) is 15.5. The maximum Gasteiger partial charge on any atom is 0.220 e. The fourth-order valence-electron chi connectivity index (χ4n) is 3.68. The van der Waals surface area contributed by atoms with Crippen molar-refractivity contribution in [2.45, 2.75) is 50.2 Å². The van der Waals surface area contributed by atoms with Crippen molar-refractivity contribution in [3.8, 4) is 0 Å². The third kappa shape index (κ3) is 4.04. The van der Waals surface area contributed by atoms with Gasteiger partial charge in [-0.1, -0.05) is 0 Å². The van der Waals surface area contributed by atoms with Gasteiger partial charge >= 0.3 is 0 Å². The zero-order valence-electron chi connectivity index (χ0n) is 14.7. The van der Waals surface area contributed by atoms with E-state index in [1.807, 2.05) is 11.4 Å². The van der Waals surface area contributed by atoms with E-state index in [1.165, 1.54) is 5.56 Å². The summed E-state index contributed by atoms with van der Waals surface area (Å²) in [5.41, 5.74) is 2.28. The largest absolute Gasteiger partial charge is 0.391 e. The molecule has 1 saturated carbocycles. The number of aromatic nitrogens is 2. The molecule has 1 amide bonds. The van der Waals surface area contributed by atoms with Gasteiger partial charge in [0, 0.05) is 43.2 Å². The minimum absolute atomic E-state index is 0.133. The van der Waals surface area contributed by atoms with Gasteiger partial charge < -0.3 is 15.3 Å². The molecule has 26 heavy (non-hydrogen) atoms. The molecule has 138 valence electrons. The molecule has 2 aromatic rings. The summed E-state index contributed by atoms with van der Waals surface area (Å²) in [7, 11) is 0. The maximum atomic E-state index is 12.1. The summed E-state index contributed by atoms with van der Waals surface area (Å²) in [5.74, 6) is 1.41. The van der Waals surface area contributed by atoms with Gasteiger partial charge in [-0.15, -0.1) is 0 Å². The molecular weight excluding hydrogens is 348 g/mol. The Bertz CT molecular complexity index is 746. The molecule has 1 aliphatic carbocycles. The highest BCUT2D eigenvalue weighted by atomic mass is 32.1. The number of aliphatic hydroxyl groups is 1. The van der Waals surface area contributed by atoms with Gasteiger partial charge in [0.25, 0.3) is 0 Å². The first-order chi connectivity index (χ1) is 12.7. The van der Waals surface area contributed by atoms with Crippen LogP contribution < -0.4 is 10.2 Å². The van der Waals surface area contributed by atoms with Crippen LogP contribution in [0.1, 0.15) is 42.9 Å². The number of hydrogen-bond donors (Lipinski definition) is 2. The quantitative estimate of drug-likeness (QED) is 0.812. The lowest BCUT2D eigenvalue weighted by atomic mass is 9.78. The Morgan fingerprint density at radius 1 is 1.38 bits per heavy atom. The SMILES string of the molecule is O=C(CCc1ccsc1)NC1CC(c2cc(N3CC[C@H](O)C3)ncn2)C1. The normalized spacial score (nSPS) is 25.1. The topological polar surface area (TPSA) is 78.4 Å². The van der Waals surface area contributed by atoms with Gasteiger partial charge in [0.1, 0.15) is 12.1 Å². The molecule has 7 heteroatoms. The van der Waals surface area contributed by atoms with Crippen LogP contribution in [-0.2, 0) is 11.2 Å². The summed E-state index contributed by atoms with van der Waals surface area (Å²) in [4.78, 5) is 23.0. The summed E-state index contributed by atoms with van der Waals surface area (Å²) in [5, 5.41) is 17.0. The number of carbonyl (C=O) groups is 1. The second-order valence-electron chi connectivity index (χ2n) is 7.25. The number of carbonyl (C=O) groups excluding carboxylic acids is 1. The second kappa shape index (κ2) is 7.72. The van der Waals surface area contributed by atoms with Gasteiger partial charge in [0.05, 0.1) is 6.10 Å². The summed E-state index contributed by atoms with van der Waals surface area (Å²) in [6, 6.07) is 4.36. The highest BCUT2D eigenvalue weighted by Gasteiger charge is 2.33. The molecule has 0 bridgehead atoms. The highest BCUT2D eigenvalue weighted by Crippen LogP contribution is 2.36. The van der Waals surface area contributed by atoms with Crippen molar-refractivity contribution in [1.29, 1.82) is 0 Å². The molecule has 1 aliphatic heterocycles. The van der Waals surface area contributed by atoms with Gasteiger partial charge in [-0.3, -0.25) is 4.79 Å². The summed E-state index contributed by atoms with van der Waals surface area (Å²) in [6.45, 7) is 1.48. The van der Waals surface area contributed by atoms with Crippen LogP contribution >= 0.6 is 11.3 Å². The van der Waals surface area contributed by atoms with Crippen LogP contribution in [0.25, 0.3) is 0 Å². The maximum absolute atomic E-state index is 12.1. The van der Waals surface area contributed by atoms with E-state index in [-0.39, 0.29) is 18.1 Å². The summed E-state index contributed by atoms with van der Waals surface area (Å²) >= 11 is 1.67. The molecule has 0 spiro atoms. The van der Waals surface area contributed by atoms with Crippen LogP contribution in [0.5, 0.6) is 0 Å². The molecule has 2 aromatic heterocycles. The van der Waals surface area contributed by atoms with E-state index in [2.05, 4.69) is 31.6 Å². The number of aliphatic hydroxyl groups excluding tert-OH is 1. The number of anilines is 1. The number of aryl methyl sites for hydroxylation is 1. The summed E-state index contributed by atoms with van der Waals surface area (Å²) in [6.07, 6.45) is 5.37. The van der Waals surface area contributed by atoms with Crippen molar-refractivity contribution in [1.82, 2.24) is 15.3 Å². The molecular formula is C19H24N4O2S. The van der Waals surface area contributed by atoms with Crippen LogP contribution in [0.15, 0.2) is 29.2 Å². The molecule has 4 rings (SSSR count). The molecule has 2 N–H and O–H groups in total. The zero-order chi connectivity index (χ0) is 17.9. The minimum atomic E-state index is -0.259. The van der Waals surface area contributed by atoms with Crippen molar-refractivity contribution in [3.63, 3.8) is 0 Å². The number of nitrogens with one attached hydrogen (secondary N) is 1. The first kappa shape index (κ1) is 17.4. The van der Waals surface area contributed by atoms with E-state index in [0.717, 1.165) is 43.7 Å². The predicted octanol–water partition coefficient (Wildman–Crippen LogP) is 2.10. The van der Waals surface area contributed by atoms with Gasteiger partial charge in [0.15, 0.2) is 0 Å². The fraction of sp³-hybridized carbons (Fsp3) is 0.526. The van der Waals surface area contributed by atoms with E-state index in [4.69, 9.17) is 0 Å². The Hall–Kier alpha value is -1.99. The molecule has 3 heterocycles. The summed E-state index contributed by atoms with van der Waals surface area (Å²) < 4.78 is 0. The first-order valence-electron chi connectivity index (χ1n) is 9.23. The Kier molecular flexibility index (Phi) is 5.17. The third-order valence-electron chi connectivity index (χ3n) is 5.30. The standard InChI is InChI=1S/C19H24N4O2S/c24-16-3-5-23(10-16)18-9-17(20-12-21-18)14-7-15(8-14)22-19(25)2-1-13-4-6-26-11-13/h4,6,9,11-12,14-16,24H,1-3,5,7-8,10H2,(H,22,25)/t14?,15?,16-/m0/s1. The molecule has 2 aliphatic rings. The number of amides is 1. The Morgan fingerprint density at radius 3 is 3.00 bits per heavy atom. The van der Waals surface area contributed by atoms with Crippen molar-refractivity contribution in [3.05, 3.63) is 40.5 Å². The van der Waals surface area contributed by atoms with Crippen molar-refractivity contribution in [2.24, 2.45) is 0 Å². The van der Waals surface area contributed by atoms with E-state index in [0.29, 0.717) is 18.9 Å². The molecule has 0 aromatic carbocycles. The average Bonchev–Trinajstić information content (AvgIpc) is 3.27. The fourth-order valence-corrected chi connectivity index (χ4v) is 4.38. The molecule has 6 nitrogen and oxygen atoms in total. The van der Waals surface area contributed by atoms with Crippen LogP contribution in [0, 0.1) is 0 Å². The van der Waals surface area contributed by atoms with E-state index in [9.17, 15) is 9.90 Å². The van der Waals surface area contributed by atoms with Gasteiger partial charge in [0.2, 0.25) is 5.91 Å². The third-order valence-corrected chi connectivity index (χ3v) is 6.04. The lowest BCUT2D eigenvalue weighted by Crippen LogP contribution is -2.43. The number of β-amino-alcohol motifs (C(OH)–C–C–N with tert-alkyl or cyclic N) is 1. The van der Waals surface area contributed by atoms with Crippen LogP contribution in [0.4, 0.5) is 5.82 Å². The van der Waals surface area contributed by atoms with Crippen LogP contribution in [0.2, 0.25) is 0 Å². The Balaban J connectivity index is 1.25. The highest BCUT2D eigenvalue weighted by molar-refractivity contribution is 7.07. The first-order valence-corrected chi connectivity index (χ1v) is 10.2. The molecule has 1 saturated heterocycles. The van der Waals surface area contributed by atoms with E-state index in [1.54, 1.807) is 17.7 Å². The van der Waals surface area contributed by atoms with Gasteiger partial charge in [-0.2, -0.15) is 11.3 Å². The number of thiophene rings is 1. The monoisotopic (exact) mass is 372 g/mol. The van der Waals surface area contributed by atoms with E-state index < -0.39 is 0 Å². The van der Waals surface area contributed by atoms with Crippen LogP contribution in [0.3, 0.4) is 0 Å². The Labute approximate surface area is 157 Å². The van der Waals surface area contributed by atoms with E-state index >= 15 is 0 Å². The lowest BCUT2D eigenvalue weighted by molar-refractivity contribution is -0.122. The minimum Gasteiger partial charge on any atom is -0.391 e. The predicted molar refractivity (Wildman–Crippen MR) is 101 cm³/mol. The molecule has 2 fully saturated rings. The molecule has 1 atom stereocenters. The second-order valence-corrected chi connectivity index (χ2v) is 8.03. The Morgan fingerprint density at radius 2 is 2.27 bits per heavy atom. The number of hydrogen-bond acceptors (Lipinski definition) is 6. The lowest BCUT2D eigenvalue weighted by Gasteiger charge is -2.35. The average molecular weight is 372 g/mol. The molecule has 0 unspecified atom stereocenters. The molecule has 0 radical (unpaired) electrons. The van der Waals surface area contributed by atoms with Gasteiger partial charge in [-0.25, -0.2) is 9.97 Å². The van der Waals surface area contributed by atoms with Crippen molar-refractivity contribution >= 4 is 23.1 Å².